The average Bonchev–Trinajstić information content (AvgIpc) is 3.32. The second-order valence-corrected chi connectivity index (χ2v) is 7.00. The van der Waals surface area contributed by atoms with Gasteiger partial charge in [0.1, 0.15) is 5.75 Å². The molecule has 3 aromatic rings. The second kappa shape index (κ2) is 7.35. The number of aromatic nitrogens is 1. The van der Waals surface area contributed by atoms with Crippen LogP contribution in [0.15, 0.2) is 60.7 Å². The summed E-state index contributed by atoms with van der Waals surface area (Å²) in [6, 6.07) is 18.6. The number of nitrogens with zero attached hydrogens (tertiary/aromatic N) is 1. The fourth-order valence-electron chi connectivity index (χ4n) is 3.73. The van der Waals surface area contributed by atoms with Crippen molar-refractivity contribution in [2.75, 3.05) is 12.4 Å². The number of nitrogens with one attached hydrogen (secondary N) is 1. The molecule has 1 N–H and O–H groups in total. The molecular weight excluding hydrogens is 352 g/mol. The number of amides is 1. The summed E-state index contributed by atoms with van der Waals surface area (Å²) in [7, 11) is 1.60. The van der Waals surface area contributed by atoms with Crippen molar-refractivity contribution in [1.29, 1.82) is 0 Å². The molecule has 0 saturated carbocycles. The van der Waals surface area contributed by atoms with E-state index in [1.165, 1.54) is 0 Å². The van der Waals surface area contributed by atoms with Crippen LogP contribution in [0.2, 0.25) is 0 Å². The quantitative estimate of drug-likeness (QED) is 0.682. The van der Waals surface area contributed by atoms with Crippen molar-refractivity contribution in [2.45, 2.75) is 25.8 Å². The highest BCUT2D eigenvalue weighted by molar-refractivity contribution is 6.08. The van der Waals surface area contributed by atoms with E-state index < -0.39 is 0 Å². The molecule has 0 saturated heterocycles. The third-order valence-corrected chi connectivity index (χ3v) is 5.30. The molecule has 0 bridgehead atoms. The van der Waals surface area contributed by atoms with Gasteiger partial charge in [-0.3, -0.25) is 9.59 Å². The summed E-state index contributed by atoms with van der Waals surface area (Å²) in [4.78, 5) is 25.7. The summed E-state index contributed by atoms with van der Waals surface area (Å²) in [6.07, 6.45) is 0.681. The number of ether oxygens (including phenoxy) is 1. The lowest BCUT2D eigenvalue weighted by Crippen LogP contribution is -2.20. The number of ketones is 1. The molecule has 0 fully saturated rings. The molecule has 0 unspecified atom stereocenters. The molecule has 1 aliphatic heterocycles. The summed E-state index contributed by atoms with van der Waals surface area (Å²) in [5.41, 5.74) is 3.90. The molecule has 28 heavy (non-hydrogen) atoms. The van der Waals surface area contributed by atoms with E-state index in [4.69, 9.17) is 4.74 Å². The molecule has 1 amide bonds. The summed E-state index contributed by atoms with van der Waals surface area (Å²) in [5.74, 6) is 0.345. The Morgan fingerprint density at radius 1 is 1.07 bits per heavy atom. The Morgan fingerprint density at radius 2 is 1.86 bits per heavy atom. The third kappa shape index (κ3) is 3.20. The predicted octanol–water partition coefficient (Wildman–Crippen LogP) is 4.16. The van der Waals surface area contributed by atoms with E-state index in [1.807, 2.05) is 72.2 Å². The van der Waals surface area contributed by atoms with Gasteiger partial charge < -0.3 is 14.6 Å². The van der Waals surface area contributed by atoms with E-state index in [9.17, 15) is 9.59 Å². The lowest BCUT2D eigenvalue weighted by Gasteiger charge is -2.13. The number of carbonyl (C=O) groups is 2. The van der Waals surface area contributed by atoms with Gasteiger partial charge in [0.2, 0.25) is 11.7 Å². The number of aryl methyl sites for hydroxylation is 1. The van der Waals surface area contributed by atoms with Crippen molar-refractivity contribution >= 4 is 17.4 Å². The number of fused-ring (bicyclic) bond motifs is 1. The van der Waals surface area contributed by atoms with Crippen LogP contribution in [0.4, 0.5) is 5.69 Å². The molecule has 5 nitrogen and oxygen atoms in total. The van der Waals surface area contributed by atoms with Crippen LogP contribution < -0.4 is 10.1 Å². The van der Waals surface area contributed by atoms with Gasteiger partial charge >= 0.3 is 0 Å². The number of anilines is 1. The first-order valence-corrected chi connectivity index (χ1v) is 9.33. The topological polar surface area (TPSA) is 60.3 Å². The van der Waals surface area contributed by atoms with Crippen LogP contribution >= 0.6 is 0 Å². The highest BCUT2D eigenvalue weighted by Crippen LogP contribution is 2.33. The number of rotatable bonds is 5. The van der Waals surface area contributed by atoms with Crippen LogP contribution in [0.5, 0.6) is 5.75 Å². The lowest BCUT2D eigenvalue weighted by molar-refractivity contribution is -0.117. The molecule has 0 aliphatic carbocycles. The van der Waals surface area contributed by atoms with Crippen molar-refractivity contribution in [3.05, 3.63) is 83.2 Å². The zero-order valence-electron chi connectivity index (χ0n) is 15.9. The molecular formula is C23H22N2O3. The van der Waals surface area contributed by atoms with Gasteiger partial charge in [0.25, 0.3) is 0 Å². The molecule has 5 heteroatoms. The molecule has 4 rings (SSSR count). The molecule has 2 heterocycles. The van der Waals surface area contributed by atoms with Crippen LogP contribution in [-0.4, -0.2) is 23.4 Å². The molecule has 0 spiro atoms. The molecule has 1 atom stereocenters. The fourth-order valence-corrected chi connectivity index (χ4v) is 3.73. The first-order valence-electron chi connectivity index (χ1n) is 9.33. The van der Waals surface area contributed by atoms with Crippen molar-refractivity contribution in [3.63, 3.8) is 0 Å². The molecule has 142 valence electrons. The van der Waals surface area contributed by atoms with Crippen LogP contribution in [0.1, 0.15) is 39.6 Å². The Morgan fingerprint density at radius 3 is 2.61 bits per heavy atom. The molecule has 1 aliphatic rings. The Balaban J connectivity index is 1.57. The van der Waals surface area contributed by atoms with Crippen LogP contribution in [-0.2, 0) is 11.3 Å². The van der Waals surface area contributed by atoms with Crippen molar-refractivity contribution in [2.24, 2.45) is 0 Å². The van der Waals surface area contributed by atoms with Gasteiger partial charge in [-0.2, -0.15) is 0 Å². The fraction of sp³-hybridized carbons (Fsp3) is 0.217. The third-order valence-electron chi connectivity index (χ3n) is 5.30. The maximum Gasteiger partial charge on any atom is 0.233 e. The van der Waals surface area contributed by atoms with Crippen molar-refractivity contribution in [1.82, 2.24) is 4.57 Å². The van der Waals surface area contributed by atoms with Gasteiger partial charge in [-0.05, 0) is 37.1 Å². The zero-order chi connectivity index (χ0) is 19.7. The first-order chi connectivity index (χ1) is 13.6. The van der Waals surface area contributed by atoms with Crippen LogP contribution in [0.25, 0.3) is 0 Å². The van der Waals surface area contributed by atoms with Gasteiger partial charge in [0, 0.05) is 29.6 Å². The van der Waals surface area contributed by atoms with Gasteiger partial charge in [0.05, 0.1) is 18.7 Å². The van der Waals surface area contributed by atoms with E-state index in [0.29, 0.717) is 30.0 Å². The number of methoxy groups -OCH3 is 1. The lowest BCUT2D eigenvalue weighted by atomic mass is 10.0. The summed E-state index contributed by atoms with van der Waals surface area (Å²) in [5, 5.41) is 3.02. The Hall–Kier alpha value is -3.34. The smallest absolute Gasteiger partial charge is 0.233 e. The van der Waals surface area contributed by atoms with Crippen LogP contribution in [0, 0.1) is 6.92 Å². The molecule has 0 radical (unpaired) electrons. The maximum atomic E-state index is 12.9. The van der Waals surface area contributed by atoms with E-state index >= 15 is 0 Å². The molecule has 1 aromatic heterocycles. The van der Waals surface area contributed by atoms with Gasteiger partial charge in [-0.15, -0.1) is 0 Å². The van der Waals surface area contributed by atoms with Crippen LogP contribution in [0.3, 0.4) is 0 Å². The number of benzene rings is 2. The van der Waals surface area contributed by atoms with E-state index in [-0.39, 0.29) is 17.6 Å². The minimum absolute atomic E-state index is 0.0171. The van der Waals surface area contributed by atoms with Gasteiger partial charge in [-0.1, -0.05) is 36.4 Å². The maximum absolute atomic E-state index is 12.9. The first kappa shape index (κ1) is 18.0. The Bertz CT molecular complexity index is 1040. The Kier molecular flexibility index (Phi) is 4.74. The zero-order valence-corrected chi connectivity index (χ0v) is 15.9. The van der Waals surface area contributed by atoms with E-state index in [0.717, 1.165) is 16.9 Å². The van der Waals surface area contributed by atoms with Gasteiger partial charge in [0.15, 0.2) is 0 Å². The highest BCUT2D eigenvalue weighted by Gasteiger charge is 2.32. The monoisotopic (exact) mass is 374 g/mol. The number of hydrogen-bond donors (Lipinski definition) is 1. The second-order valence-electron chi connectivity index (χ2n) is 7.00. The highest BCUT2D eigenvalue weighted by atomic mass is 16.5. The largest absolute Gasteiger partial charge is 0.497 e. The van der Waals surface area contributed by atoms with Crippen molar-refractivity contribution < 1.29 is 14.3 Å². The van der Waals surface area contributed by atoms with E-state index in [2.05, 4.69) is 5.32 Å². The SMILES string of the molecule is COc1ccc(C)c(NC(=O)[C@H]2CCn3c(C(=O)c4ccccc4)ccc32)c1. The summed E-state index contributed by atoms with van der Waals surface area (Å²) >= 11 is 0. The summed E-state index contributed by atoms with van der Waals surface area (Å²) < 4.78 is 7.22. The van der Waals surface area contributed by atoms with Crippen molar-refractivity contribution in [3.8, 4) is 5.75 Å². The minimum atomic E-state index is -0.275. The number of carbonyl (C=O) groups excluding carboxylic acids is 2. The normalized spacial score (nSPS) is 15.1. The summed E-state index contributed by atoms with van der Waals surface area (Å²) in [6.45, 7) is 2.61. The number of hydrogen-bond acceptors (Lipinski definition) is 3. The van der Waals surface area contributed by atoms with Gasteiger partial charge in [-0.25, -0.2) is 0 Å². The average molecular weight is 374 g/mol. The predicted molar refractivity (Wildman–Crippen MR) is 108 cm³/mol. The Labute approximate surface area is 163 Å². The minimum Gasteiger partial charge on any atom is -0.497 e. The standard InChI is InChI=1S/C23H22N2O3/c1-15-8-9-17(28-2)14-19(15)24-23(27)18-12-13-25-20(18)10-11-21(25)22(26)16-6-4-3-5-7-16/h3-11,14,18H,12-13H2,1-2H3,(H,24,27)/t18-/m0/s1. The molecule has 2 aromatic carbocycles. The van der Waals surface area contributed by atoms with E-state index in [1.54, 1.807) is 7.11 Å².